The van der Waals surface area contributed by atoms with E-state index in [1.807, 2.05) is 57.2 Å². The number of aryl methyl sites for hydroxylation is 3. The van der Waals surface area contributed by atoms with Gasteiger partial charge in [0.05, 0.1) is 18.4 Å². The smallest absolute Gasteiger partial charge is 0.248 e. The van der Waals surface area contributed by atoms with E-state index in [2.05, 4.69) is 26.4 Å². The lowest BCUT2D eigenvalue weighted by molar-refractivity contribution is -0.111. The lowest BCUT2D eigenvalue weighted by atomic mass is 10.1. The zero-order valence-electron chi connectivity index (χ0n) is 17.3. The number of carbonyl (C=O) groups excluding carboxylic acids is 1. The summed E-state index contributed by atoms with van der Waals surface area (Å²) in [6.45, 7) is 6.00. The second-order valence-corrected chi connectivity index (χ2v) is 7.70. The SMILES string of the molecule is COc1cc(/C=C/C(=O)Nc2ccc(Br)cc2C)ccc1OCc1c(C)noc1C. The summed E-state index contributed by atoms with van der Waals surface area (Å²) in [6, 6.07) is 11.2. The van der Waals surface area contributed by atoms with Crippen molar-refractivity contribution >= 4 is 33.6 Å². The van der Waals surface area contributed by atoms with Gasteiger partial charge in [0, 0.05) is 16.2 Å². The topological polar surface area (TPSA) is 73.6 Å². The minimum atomic E-state index is -0.210. The van der Waals surface area contributed by atoms with Crippen LogP contribution in [0, 0.1) is 20.8 Å². The van der Waals surface area contributed by atoms with Gasteiger partial charge in [-0.2, -0.15) is 0 Å². The number of carbonyl (C=O) groups is 1. The van der Waals surface area contributed by atoms with Crippen LogP contribution in [0.5, 0.6) is 11.5 Å². The number of methoxy groups -OCH3 is 1. The molecule has 7 heteroatoms. The van der Waals surface area contributed by atoms with Crippen LogP contribution in [0.2, 0.25) is 0 Å². The molecule has 0 spiro atoms. The Bertz CT molecular complexity index is 1070. The first-order valence-corrected chi connectivity index (χ1v) is 10.1. The van der Waals surface area contributed by atoms with Crippen LogP contribution in [0.15, 0.2) is 51.5 Å². The Morgan fingerprint density at radius 3 is 2.63 bits per heavy atom. The summed E-state index contributed by atoms with van der Waals surface area (Å²) in [5.41, 5.74) is 4.29. The molecule has 1 aromatic heterocycles. The number of ether oxygens (including phenoxy) is 2. The maximum atomic E-state index is 12.3. The molecule has 0 saturated heterocycles. The van der Waals surface area contributed by atoms with Crippen molar-refractivity contribution in [2.45, 2.75) is 27.4 Å². The molecular formula is C23H23BrN2O4. The van der Waals surface area contributed by atoms with E-state index in [1.165, 1.54) is 6.08 Å². The van der Waals surface area contributed by atoms with Crippen LogP contribution in [0.3, 0.4) is 0 Å². The lowest BCUT2D eigenvalue weighted by Crippen LogP contribution is -2.08. The maximum Gasteiger partial charge on any atom is 0.248 e. The molecule has 2 aromatic carbocycles. The van der Waals surface area contributed by atoms with E-state index in [-0.39, 0.29) is 5.91 Å². The maximum absolute atomic E-state index is 12.3. The average molecular weight is 471 g/mol. The van der Waals surface area contributed by atoms with Gasteiger partial charge >= 0.3 is 0 Å². The second-order valence-electron chi connectivity index (χ2n) is 6.78. The number of hydrogen-bond donors (Lipinski definition) is 1. The number of anilines is 1. The van der Waals surface area contributed by atoms with Crippen molar-refractivity contribution in [1.82, 2.24) is 5.16 Å². The third-order valence-corrected chi connectivity index (χ3v) is 5.11. The Morgan fingerprint density at radius 2 is 1.97 bits per heavy atom. The van der Waals surface area contributed by atoms with E-state index in [9.17, 15) is 4.79 Å². The van der Waals surface area contributed by atoms with E-state index in [0.717, 1.165) is 38.3 Å². The highest BCUT2D eigenvalue weighted by molar-refractivity contribution is 9.10. The fourth-order valence-electron chi connectivity index (χ4n) is 2.88. The van der Waals surface area contributed by atoms with Gasteiger partial charge in [-0.25, -0.2) is 0 Å². The van der Waals surface area contributed by atoms with E-state index < -0.39 is 0 Å². The standard InChI is InChI=1S/C23H23BrN2O4/c1-14-11-18(24)7-8-20(14)25-23(27)10-6-17-5-9-21(22(12-17)28-4)29-13-19-15(2)26-30-16(19)3/h5-12H,13H2,1-4H3,(H,25,27)/b10-6+. The highest BCUT2D eigenvalue weighted by Gasteiger charge is 2.12. The average Bonchev–Trinajstić information content (AvgIpc) is 3.04. The molecule has 0 fully saturated rings. The Hall–Kier alpha value is -3.06. The Kier molecular flexibility index (Phi) is 6.95. The molecule has 0 radical (unpaired) electrons. The molecular weight excluding hydrogens is 448 g/mol. The molecule has 30 heavy (non-hydrogen) atoms. The van der Waals surface area contributed by atoms with E-state index >= 15 is 0 Å². The summed E-state index contributed by atoms with van der Waals surface area (Å²) < 4.78 is 17.5. The molecule has 1 amide bonds. The zero-order valence-corrected chi connectivity index (χ0v) is 18.9. The first-order valence-electron chi connectivity index (χ1n) is 9.35. The van der Waals surface area contributed by atoms with Gasteiger partial charge in [-0.3, -0.25) is 4.79 Å². The largest absolute Gasteiger partial charge is 0.493 e. The van der Waals surface area contributed by atoms with Gasteiger partial charge in [0.1, 0.15) is 12.4 Å². The molecule has 0 aliphatic heterocycles. The summed E-state index contributed by atoms with van der Waals surface area (Å²) in [5, 5.41) is 6.81. The minimum absolute atomic E-state index is 0.210. The predicted molar refractivity (Wildman–Crippen MR) is 120 cm³/mol. The molecule has 1 N–H and O–H groups in total. The van der Waals surface area contributed by atoms with Crippen molar-refractivity contribution in [1.29, 1.82) is 0 Å². The number of rotatable bonds is 7. The summed E-state index contributed by atoms with van der Waals surface area (Å²) >= 11 is 3.42. The molecule has 6 nitrogen and oxygen atoms in total. The molecule has 0 aliphatic rings. The predicted octanol–water partition coefficient (Wildman–Crippen LogP) is 5.60. The summed E-state index contributed by atoms with van der Waals surface area (Å²) in [6.07, 6.45) is 3.21. The number of benzene rings is 2. The highest BCUT2D eigenvalue weighted by Crippen LogP contribution is 2.30. The summed E-state index contributed by atoms with van der Waals surface area (Å²) in [5.74, 6) is 1.70. The number of aromatic nitrogens is 1. The fourth-order valence-corrected chi connectivity index (χ4v) is 3.35. The summed E-state index contributed by atoms with van der Waals surface area (Å²) in [4.78, 5) is 12.3. The highest BCUT2D eigenvalue weighted by atomic mass is 79.9. The summed E-state index contributed by atoms with van der Waals surface area (Å²) in [7, 11) is 1.58. The molecule has 0 unspecified atom stereocenters. The van der Waals surface area contributed by atoms with Gasteiger partial charge in [0.15, 0.2) is 11.5 Å². The van der Waals surface area contributed by atoms with Crippen LogP contribution in [-0.2, 0) is 11.4 Å². The van der Waals surface area contributed by atoms with Crippen LogP contribution in [-0.4, -0.2) is 18.2 Å². The van der Waals surface area contributed by atoms with Gasteiger partial charge in [-0.15, -0.1) is 0 Å². The number of nitrogens with zero attached hydrogens (tertiary/aromatic N) is 1. The molecule has 0 bridgehead atoms. The number of nitrogens with one attached hydrogen (secondary N) is 1. The Morgan fingerprint density at radius 1 is 1.17 bits per heavy atom. The molecule has 0 atom stereocenters. The van der Waals surface area contributed by atoms with Crippen molar-refractivity contribution in [3.05, 3.63) is 75.1 Å². The van der Waals surface area contributed by atoms with Gasteiger partial charge in [-0.05, 0) is 68.3 Å². The first-order chi connectivity index (χ1) is 14.4. The van der Waals surface area contributed by atoms with E-state index in [4.69, 9.17) is 14.0 Å². The zero-order chi connectivity index (χ0) is 21.7. The molecule has 3 rings (SSSR count). The quantitative estimate of drug-likeness (QED) is 0.454. The molecule has 156 valence electrons. The monoisotopic (exact) mass is 470 g/mol. The third-order valence-electron chi connectivity index (χ3n) is 4.61. The van der Waals surface area contributed by atoms with Crippen molar-refractivity contribution in [2.24, 2.45) is 0 Å². The van der Waals surface area contributed by atoms with E-state index in [0.29, 0.717) is 18.1 Å². The third kappa shape index (κ3) is 5.30. The van der Waals surface area contributed by atoms with Gasteiger partial charge < -0.3 is 19.3 Å². The van der Waals surface area contributed by atoms with Crippen molar-refractivity contribution in [2.75, 3.05) is 12.4 Å². The fraction of sp³-hybridized carbons (Fsp3) is 0.217. The molecule has 1 heterocycles. The second kappa shape index (κ2) is 9.63. The van der Waals surface area contributed by atoms with Crippen LogP contribution in [0.4, 0.5) is 5.69 Å². The number of halogens is 1. The van der Waals surface area contributed by atoms with Crippen LogP contribution >= 0.6 is 15.9 Å². The van der Waals surface area contributed by atoms with Crippen molar-refractivity contribution < 1.29 is 18.8 Å². The molecule has 0 aliphatic carbocycles. The normalized spacial score (nSPS) is 11.0. The van der Waals surface area contributed by atoms with Crippen molar-refractivity contribution in [3.63, 3.8) is 0 Å². The van der Waals surface area contributed by atoms with Gasteiger partial charge in [0.2, 0.25) is 5.91 Å². The number of hydrogen-bond acceptors (Lipinski definition) is 5. The van der Waals surface area contributed by atoms with Crippen LogP contribution in [0.25, 0.3) is 6.08 Å². The van der Waals surface area contributed by atoms with Gasteiger partial charge in [0.25, 0.3) is 0 Å². The number of amides is 1. The van der Waals surface area contributed by atoms with E-state index in [1.54, 1.807) is 13.2 Å². The lowest BCUT2D eigenvalue weighted by Gasteiger charge is -2.11. The molecule has 3 aromatic rings. The Labute approximate surface area is 184 Å². The minimum Gasteiger partial charge on any atom is -0.493 e. The Balaban J connectivity index is 1.67. The first kappa shape index (κ1) is 21.6. The van der Waals surface area contributed by atoms with Crippen molar-refractivity contribution in [3.8, 4) is 11.5 Å². The van der Waals surface area contributed by atoms with Crippen LogP contribution in [0.1, 0.15) is 28.1 Å². The van der Waals surface area contributed by atoms with Gasteiger partial charge in [-0.1, -0.05) is 27.2 Å². The van der Waals surface area contributed by atoms with Crippen LogP contribution < -0.4 is 14.8 Å². The molecule has 0 saturated carbocycles.